The number of para-hydroxylation sites is 2. The summed E-state index contributed by atoms with van der Waals surface area (Å²) in [4.78, 5) is 0. The fourth-order valence-corrected chi connectivity index (χ4v) is 3.39. The van der Waals surface area contributed by atoms with E-state index in [2.05, 4.69) is 64.1 Å². The Balaban J connectivity index is 1.74. The molecule has 0 fully saturated rings. The molecule has 5 heteroatoms. The summed E-state index contributed by atoms with van der Waals surface area (Å²) in [6, 6.07) is 22.3. The highest BCUT2D eigenvalue weighted by Gasteiger charge is 2.14. The van der Waals surface area contributed by atoms with Crippen molar-refractivity contribution in [2.45, 2.75) is 13.8 Å². The zero-order valence-electron chi connectivity index (χ0n) is 15.1. The summed E-state index contributed by atoms with van der Waals surface area (Å²) in [5, 5.41) is 8.68. The molecule has 0 aliphatic rings. The minimum atomic E-state index is 0.771. The van der Waals surface area contributed by atoms with Gasteiger partial charge in [0.05, 0.1) is 9.77 Å². The molecule has 134 valence electrons. The molecule has 0 bridgehead atoms. The molecule has 3 aromatic carbocycles. The van der Waals surface area contributed by atoms with Gasteiger partial charge in [-0.2, -0.15) is 0 Å². The van der Waals surface area contributed by atoms with Gasteiger partial charge in [0, 0.05) is 5.56 Å². The fourth-order valence-electron chi connectivity index (χ4n) is 2.80. The molecule has 4 rings (SSSR count). The topological polar surface area (TPSA) is 39.9 Å². The van der Waals surface area contributed by atoms with Gasteiger partial charge in [-0.3, -0.25) is 0 Å². The summed E-state index contributed by atoms with van der Waals surface area (Å²) in [5.74, 6) is 1.61. The van der Waals surface area contributed by atoms with Crippen LogP contribution in [0.2, 0.25) is 0 Å². The fraction of sp³-hybridized carbons (Fsp3) is 0.0909. The maximum Gasteiger partial charge on any atom is 0.166 e. The van der Waals surface area contributed by atoms with Crippen LogP contribution in [0.15, 0.2) is 72.9 Å². The molecule has 0 N–H and O–H groups in total. The Kier molecular flexibility index (Phi) is 4.94. The van der Waals surface area contributed by atoms with E-state index in [0.29, 0.717) is 0 Å². The number of hydrogen-bond acceptors (Lipinski definition) is 3. The van der Waals surface area contributed by atoms with Gasteiger partial charge in [0.2, 0.25) is 0 Å². The smallest absolute Gasteiger partial charge is 0.166 e. The molecule has 0 saturated carbocycles. The van der Waals surface area contributed by atoms with Gasteiger partial charge in [-0.05, 0) is 60.2 Å². The molecule has 1 aromatic heterocycles. The number of rotatable bonds is 4. The molecule has 1 heterocycles. The third-order valence-electron chi connectivity index (χ3n) is 4.34. The molecular formula is C22H18IN3O. The van der Waals surface area contributed by atoms with E-state index in [4.69, 9.17) is 4.74 Å². The van der Waals surface area contributed by atoms with Crippen molar-refractivity contribution in [3.8, 4) is 28.4 Å². The second-order valence-corrected chi connectivity index (χ2v) is 7.53. The van der Waals surface area contributed by atoms with Gasteiger partial charge in [0.1, 0.15) is 17.1 Å². The lowest BCUT2D eigenvalue weighted by atomic mass is 10.1. The van der Waals surface area contributed by atoms with E-state index < -0.39 is 0 Å². The first-order chi connectivity index (χ1) is 13.1. The summed E-state index contributed by atoms with van der Waals surface area (Å²) in [7, 11) is 0. The van der Waals surface area contributed by atoms with Crippen LogP contribution in [-0.4, -0.2) is 15.0 Å². The van der Waals surface area contributed by atoms with Crippen LogP contribution in [0.5, 0.6) is 11.5 Å². The number of nitrogens with zero attached hydrogens (tertiary/aromatic N) is 3. The molecule has 4 nitrogen and oxygen atoms in total. The Morgan fingerprint density at radius 1 is 0.889 bits per heavy atom. The molecule has 0 spiro atoms. The average molecular weight is 467 g/mol. The summed E-state index contributed by atoms with van der Waals surface area (Å²) < 4.78 is 9.04. The first kappa shape index (κ1) is 17.7. The lowest BCUT2D eigenvalue weighted by Gasteiger charge is -2.14. The number of aromatic nitrogens is 3. The van der Waals surface area contributed by atoms with Crippen LogP contribution in [-0.2, 0) is 0 Å². The van der Waals surface area contributed by atoms with Crippen LogP contribution in [0.3, 0.4) is 0 Å². The summed E-state index contributed by atoms with van der Waals surface area (Å²) >= 11 is 2.29. The summed E-state index contributed by atoms with van der Waals surface area (Å²) in [6.45, 7) is 4.11. The predicted molar refractivity (Wildman–Crippen MR) is 116 cm³/mol. The van der Waals surface area contributed by atoms with E-state index in [1.54, 1.807) is 4.68 Å². The Morgan fingerprint density at radius 2 is 1.67 bits per heavy atom. The Bertz CT molecular complexity index is 1090. The highest BCUT2D eigenvalue weighted by Crippen LogP contribution is 2.34. The molecule has 0 aliphatic heterocycles. The van der Waals surface area contributed by atoms with Crippen molar-refractivity contribution in [2.75, 3.05) is 0 Å². The van der Waals surface area contributed by atoms with Crippen molar-refractivity contribution in [1.82, 2.24) is 15.0 Å². The van der Waals surface area contributed by atoms with E-state index in [-0.39, 0.29) is 0 Å². The van der Waals surface area contributed by atoms with Crippen LogP contribution in [0, 0.1) is 17.4 Å². The number of ether oxygens (including phenoxy) is 1. The van der Waals surface area contributed by atoms with Gasteiger partial charge in [-0.15, -0.1) is 5.10 Å². The van der Waals surface area contributed by atoms with Gasteiger partial charge < -0.3 is 4.74 Å². The summed E-state index contributed by atoms with van der Waals surface area (Å²) in [6.07, 6.45) is 1.93. The second-order valence-electron chi connectivity index (χ2n) is 6.37. The second kappa shape index (κ2) is 7.52. The third kappa shape index (κ3) is 3.73. The number of benzene rings is 3. The monoisotopic (exact) mass is 467 g/mol. The van der Waals surface area contributed by atoms with E-state index in [9.17, 15) is 0 Å². The molecule has 0 saturated heterocycles. The van der Waals surface area contributed by atoms with E-state index in [1.807, 2.05) is 55.6 Å². The van der Waals surface area contributed by atoms with Crippen molar-refractivity contribution >= 4 is 22.6 Å². The quantitative estimate of drug-likeness (QED) is 0.349. The van der Waals surface area contributed by atoms with Crippen molar-refractivity contribution < 1.29 is 4.74 Å². The summed E-state index contributed by atoms with van der Waals surface area (Å²) in [5.41, 5.74) is 5.03. The number of halogens is 1. The first-order valence-corrected chi connectivity index (χ1v) is 9.71. The first-order valence-electron chi connectivity index (χ1n) is 8.63. The molecule has 4 aromatic rings. The lowest BCUT2D eigenvalue weighted by Crippen LogP contribution is -2.00. The van der Waals surface area contributed by atoms with Gasteiger partial charge in [-0.1, -0.05) is 59.3 Å². The SMILES string of the molecule is Cc1ccc(-c2cn(-c3cccc(I)c3Oc3ccccc3C)nn2)cc1. The molecule has 0 aliphatic carbocycles. The Morgan fingerprint density at radius 3 is 2.44 bits per heavy atom. The van der Waals surface area contributed by atoms with Gasteiger partial charge in [0.25, 0.3) is 0 Å². The molecule has 0 atom stereocenters. The Hall–Kier alpha value is -2.67. The number of aryl methyl sites for hydroxylation is 2. The maximum absolute atomic E-state index is 6.26. The van der Waals surface area contributed by atoms with Gasteiger partial charge >= 0.3 is 0 Å². The highest BCUT2D eigenvalue weighted by molar-refractivity contribution is 14.1. The zero-order valence-corrected chi connectivity index (χ0v) is 17.2. The van der Waals surface area contributed by atoms with Crippen molar-refractivity contribution in [1.29, 1.82) is 0 Å². The third-order valence-corrected chi connectivity index (χ3v) is 5.19. The standard InChI is InChI=1S/C22H18IN3O/c1-15-10-12-17(13-11-15)19-14-26(25-24-19)20-8-5-7-18(23)22(20)27-21-9-4-3-6-16(21)2/h3-14H,1-2H3. The van der Waals surface area contributed by atoms with E-state index >= 15 is 0 Å². The average Bonchev–Trinajstić information content (AvgIpc) is 3.15. The normalized spacial score (nSPS) is 10.8. The number of hydrogen-bond donors (Lipinski definition) is 0. The van der Waals surface area contributed by atoms with Crippen LogP contribution in [0.25, 0.3) is 16.9 Å². The van der Waals surface area contributed by atoms with E-state index in [1.165, 1.54) is 5.56 Å². The van der Waals surface area contributed by atoms with E-state index in [0.717, 1.165) is 37.6 Å². The van der Waals surface area contributed by atoms with Gasteiger partial charge in [-0.25, -0.2) is 4.68 Å². The lowest BCUT2D eigenvalue weighted by molar-refractivity contribution is 0.470. The zero-order chi connectivity index (χ0) is 18.8. The highest BCUT2D eigenvalue weighted by atomic mass is 127. The molecule has 0 radical (unpaired) electrons. The van der Waals surface area contributed by atoms with Crippen LogP contribution in [0.1, 0.15) is 11.1 Å². The molecule has 27 heavy (non-hydrogen) atoms. The Labute approximate surface area is 172 Å². The molecular weight excluding hydrogens is 449 g/mol. The van der Waals surface area contributed by atoms with Crippen LogP contribution in [0.4, 0.5) is 0 Å². The van der Waals surface area contributed by atoms with Crippen molar-refractivity contribution in [2.24, 2.45) is 0 Å². The maximum atomic E-state index is 6.26. The van der Waals surface area contributed by atoms with Crippen LogP contribution >= 0.6 is 22.6 Å². The van der Waals surface area contributed by atoms with Crippen molar-refractivity contribution in [3.63, 3.8) is 0 Å². The molecule has 0 amide bonds. The van der Waals surface area contributed by atoms with Gasteiger partial charge in [0.15, 0.2) is 5.75 Å². The largest absolute Gasteiger partial charge is 0.454 e. The predicted octanol–water partition coefficient (Wildman–Crippen LogP) is 5.95. The minimum absolute atomic E-state index is 0.771. The minimum Gasteiger partial charge on any atom is -0.454 e. The van der Waals surface area contributed by atoms with Crippen molar-refractivity contribution in [3.05, 3.63) is 87.6 Å². The molecule has 0 unspecified atom stereocenters. The van der Waals surface area contributed by atoms with Crippen LogP contribution < -0.4 is 4.74 Å².